The molecule has 188 valence electrons. The molecule has 3 rings (SSSR count). The van der Waals surface area contributed by atoms with Crippen molar-refractivity contribution in [2.75, 3.05) is 11.1 Å². The second-order valence-electron chi connectivity index (χ2n) is 9.03. The highest BCUT2D eigenvalue weighted by atomic mass is 19.4. The zero-order chi connectivity index (χ0) is 26.1. The number of nitrogens with one attached hydrogen (secondary N) is 1. The standard InChI is InChI=1S/C22H26F3N7O3/c1-11(2)32-19(26)17(20(27)34)18(30-32)12-5-6-13(28-9-12)7-16(33)29-15-8-14(35-31-15)21(3,4)10-22(23,24)25/h5-6,8-9,11H,7,10,26H2,1-4H3,(H2,27,34)(H,29,31,33). The first-order chi connectivity index (χ1) is 16.2. The van der Waals surface area contributed by atoms with E-state index in [4.69, 9.17) is 16.0 Å². The van der Waals surface area contributed by atoms with Crippen LogP contribution in [0.2, 0.25) is 0 Å². The Bertz CT molecular complexity index is 1230. The van der Waals surface area contributed by atoms with Crippen LogP contribution in [0.15, 0.2) is 28.9 Å². The van der Waals surface area contributed by atoms with E-state index in [9.17, 15) is 22.8 Å². The molecule has 3 aromatic rings. The monoisotopic (exact) mass is 493 g/mol. The zero-order valence-corrected chi connectivity index (χ0v) is 19.6. The van der Waals surface area contributed by atoms with E-state index < -0.39 is 29.8 Å². The molecule has 0 aliphatic rings. The van der Waals surface area contributed by atoms with Crippen LogP contribution in [0, 0.1) is 0 Å². The Morgan fingerprint density at radius 3 is 2.46 bits per heavy atom. The van der Waals surface area contributed by atoms with Crippen molar-refractivity contribution < 1.29 is 27.3 Å². The summed E-state index contributed by atoms with van der Waals surface area (Å²) in [5, 5.41) is 10.5. The quantitative estimate of drug-likeness (QED) is 0.433. The van der Waals surface area contributed by atoms with E-state index in [2.05, 4.69) is 20.6 Å². The molecule has 0 aliphatic carbocycles. The lowest BCUT2D eigenvalue weighted by molar-refractivity contribution is -0.147. The van der Waals surface area contributed by atoms with E-state index in [1.807, 2.05) is 13.8 Å². The van der Waals surface area contributed by atoms with Gasteiger partial charge in [0.2, 0.25) is 5.91 Å². The van der Waals surface area contributed by atoms with Crippen LogP contribution in [0.3, 0.4) is 0 Å². The minimum Gasteiger partial charge on any atom is -0.383 e. The highest BCUT2D eigenvalue weighted by molar-refractivity contribution is 6.03. The molecule has 10 nitrogen and oxygen atoms in total. The van der Waals surface area contributed by atoms with Gasteiger partial charge < -0.3 is 21.3 Å². The molecule has 0 saturated heterocycles. The fourth-order valence-electron chi connectivity index (χ4n) is 3.55. The predicted octanol–water partition coefficient (Wildman–Crippen LogP) is 3.61. The molecule has 0 aliphatic heterocycles. The number of anilines is 2. The molecule has 0 fully saturated rings. The molecule has 5 N–H and O–H groups in total. The number of hydrogen-bond acceptors (Lipinski definition) is 7. The lowest BCUT2D eigenvalue weighted by Crippen LogP contribution is -2.25. The molecule has 0 radical (unpaired) electrons. The smallest absolute Gasteiger partial charge is 0.383 e. The Kier molecular flexibility index (Phi) is 6.90. The molecule has 0 bridgehead atoms. The molecule has 3 aromatic heterocycles. The fraction of sp³-hybridized carbons (Fsp3) is 0.409. The van der Waals surface area contributed by atoms with E-state index in [0.717, 1.165) is 0 Å². The Morgan fingerprint density at radius 2 is 1.91 bits per heavy atom. The van der Waals surface area contributed by atoms with Crippen molar-refractivity contribution in [2.24, 2.45) is 5.73 Å². The largest absolute Gasteiger partial charge is 0.390 e. The number of primary amides is 1. The van der Waals surface area contributed by atoms with Crippen LogP contribution in [0.5, 0.6) is 0 Å². The Morgan fingerprint density at radius 1 is 1.23 bits per heavy atom. The normalized spacial score (nSPS) is 12.2. The van der Waals surface area contributed by atoms with Gasteiger partial charge in [-0.3, -0.25) is 14.6 Å². The summed E-state index contributed by atoms with van der Waals surface area (Å²) in [6, 6.07) is 4.36. The lowest BCUT2D eigenvalue weighted by atomic mass is 9.86. The summed E-state index contributed by atoms with van der Waals surface area (Å²) in [6.45, 7) is 6.46. The molecule has 13 heteroatoms. The molecule has 0 spiro atoms. The number of nitrogens with two attached hydrogens (primary N) is 2. The van der Waals surface area contributed by atoms with Crippen molar-refractivity contribution in [3.8, 4) is 11.3 Å². The first kappa shape index (κ1) is 25.7. The summed E-state index contributed by atoms with van der Waals surface area (Å²) >= 11 is 0. The van der Waals surface area contributed by atoms with Gasteiger partial charge in [0, 0.05) is 35.0 Å². The van der Waals surface area contributed by atoms with E-state index >= 15 is 0 Å². The Hall–Kier alpha value is -3.90. The molecule has 0 unspecified atom stereocenters. The molecule has 0 atom stereocenters. The number of nitrogen functional groups attached to an aromatic ring is 1. The van der Waals surface area contributed by atoms with Gasteiger partial charge in [-0.2, -0.15) is 18.3 Å². The molecular formula is C22H26F3N7O3. The number of pyridine rings is 1. The maximum Gasteiger partial charge on any atom is 0.390 e. The van der Waals surface area contributed by atoms with Crippen molar-refractivity contribution in [3.63, 3.8) is 0 Å². The Labute approximate surface area is 198 Å². The van der Waals surface area contributed by atoms with Gasteiger partial charge in [-0.1, -0.05) is 19.0 Å². The van der Waals surface area contributed by atoms with E-state index in [1.54, 1.807) is 12.1 Å². The summed E-state index contributed by atoms with van der Waals surface area (Å²) < 4.78 is 44.8. The Balaban J connectivity index is 1.71. The predicted molar refractivity (Wildman–Crippen MR) is 121 cm³/mol. The van der Waals surface area contributed by atoms with E-state index in [0.29, 0.717) is 11.3 Å². The average molecular weight is 493 g/mol. The van der Waals surface area contributed by atoms with Crippen LogP contribution in [0.4, 0.5) is 24.8 Å². The van der Waals surface area contributed by atoms with Gasteiger partial charge in [0.15, 0.2) is 5.82 Å². The SMILES string of the molecule is CC(C)n1nc(-c2ccc(CC(=O)Nc3cc(C(C)(C)CC(F)(F)F)on3)nc2)c(C(N)=O)c1N. The fourth-order valence-corrected chi connectivity index (χ4v) is 3.55. The van der Waals surface area contributed by atoms with E-state index in [-0.39, 0.29) is 41.1 Å². The summed E-state index contributed by atoms with van der Waals surface area (Å²) in [6.07, 6.45) is -4.18. The van der Waals surface area contributed by atoms with Crippen molar-refractivity contribution in [1.82, 2.24) is 19.9 Å². The number of nitrogens with zero attached hydrogens (tertiary/aromatic N) is 4. The average Bonchev–Trinajstić information content (AvgIpc) is 3.31. The molecule has 2 amide bonds. The van der Waals surface area contributed by atoms with Crippen molar-refractivity contribution in [3.05, 3.63) is 41.4 Å². The maximum atomic E-state index is 12.8. The molecule has 35 heavy (non-hydrogen) atoms. The summed E-state index contributed by atoms with van der Waals surface area (Å²) in [7, 11) is 0. The maximum absolute atomic E-state index is 12.8. The van der Waals surface area contributed by atoms with Crippen LogP contribution in [-0.2, 0) is 16.6 Å². The van der Waals surface area contributed by atoms with Crippen LogP contribution >= 0.6 is 0 Å². The van der Waals surface area contributed by atoms with Gasteiger partial charge in [-0.15, -0.1) is 0 Å². The molecule has 0 saturated carbocycles. The van der Waals surface area contributed by atoms with E-state index in [1.165, 1.54) is 30.8 Å². The minimum atomic E-state index is -4.38. The minimum absolute atomic E-state index is 0.00188. The zero-order valence-electron chi connectivity index (χ0n) is 19.6. The summed E-state index contributed by atoms with van der Waals surface area (Å²) in [4.78, 5) is 28.5. The summed E-state index contributed by atoms with van der Waals surface area (Å²) in [5.41, 5.74) is 11.4. The highest BCUT2D eigenvalue weighted by Crippen LogP contribution is 2.36. The third kappa shape index (κ3) is 5.97. The van der Waals surface area contributed by atoms with Gasteiger partial charge in [-0.05, 0) is 26.0 Å². The van der Waals surface area contributed by atoms with Gasteiger partial charge in [-0.25, -0.2) is 4.68 Å². The number of alkyl halides is 3. The number of halogens is 3. The summed E-state index contributed by atoms with van der Waals surface area (Å²) in [5.74, 6) is -1.07. The molecular weight excluding hydrogens is 467 g/mol. The first-order valence-electron chi connectivity index (χ1n) is 10.6. The molecule has 0 aromatic carbocycles. The third-order valence-corrected chi connectivity index (χ3v) is 5.21. The van der Waals surface area contributed by atoms with Crippen LogP contribution < -0.4 is 16.8 Å². The van der Waals surface area contributed by atoms with Crippen molar-refractivity contribution >= 4 is 23.5 Å². The van der Waals surface area contributed by atoms with Gasteiger partial charge in [0.1, 0.15) is 22.8 Å². The van der Waals surface area contributed by atoms with Crippen LogP contribution in [0.25, 0.3) is 11.3 Å². The van der Waals surface area contributed by atoms with Crippen molar-refractivity contribution in [2.45, 2.75) is 58.2 Å². The van der Waals surface area contributed by atoms with Gasteiger partial charge in [0.25, 0.3) is 5.91 Å². The topological polar surface area (TPSA) is 155 Å². The highest BCUT2D eigenvalue weighted by Gasteiger charge is 2.40. The first-order valence-corrected chi connectivity index (χ1v) is 10.6. The second kappa shape index (κ2) is 9.39. The lowest BCUT2D eigenvalue weighted by Gasteiger charge is -2.22. The van der Waals surface area contributed by atoms with Crippen LogP contribution in [-0.4, -0.2) is 37.9 Å². The number of carbonyl (C=O) groups is 2. The number of rotatable bonds is 8. The van der Waals surface area contributed by atoms with Gasteiger partial charge in [0.05, 0.1) is 12.8 Å². The second-order valence-corrected chi connectivity index (χ2v) is 9.03. The number of amides is 2. The van der Waals surface area contributed by atoms with Gasteiger partial charge >= 0.3 is 6.18 Å². The number of aromatic nitrogens is 4. The van der Waals surface area contributed by atoms with Crippen LogP contribution in [0.1, 0.15) is 62.0 Å². The third-order valence-electron chi connectivity index (χ3n) is 5.21. The number of carbonyl (C=O) groups excluding carboxylic acids is 2. The molecule has 3 heterocycles. The van der Waals surface area contributed by atoms with Crippen molar-refractivity contribution in [1.29, 1.82) is 0 Å². The number of hydrogen-bond donors (Lipinski definition) is 3.